The zero-order chi connectivity index (χ0) is 15.3. The van der Waals surface area contributed by atoms with Crippen LogP contribution in [0.1, 0.15) is 17.2 Å². The van der Waals surface area contributed by atoms with E-state index in [0.717, 1.165) is 0 Å². The molecule has 1 aromatic carbocycles. The fourth-order valence-electron chi connectivity index (χ4n) is 1.50. The van der Waals surface area contributed by atoms with Crippen LogP contribution >= 0.6 is 0 Å². The summed E-state index contributed by atoms with van der Waals surface area (Å²) < 4.78 is 66.8. The maximum atomic E-state index is 13.1. The number of nitrogens with one attached hydrogen (secondary N) is 1. The van der Waals surface area contributed by atoms with Crippen molar-refractivity contribution >= 4 is 0 Å². The molecule has 20 heavy (non-hydrogen) atoms. The normalized spacial score (nSPS) is 13.8. The first-order valence-corrected chi connectivity index (χ1v) is 5.74. The van der Waals surface area contributed by atoms with Gasteiger partial charge in [-0.05, 0) is 24.1 Å². The second-order valence-electron chi connectivity index (χ2n) is 4.30. The Hall–Kier alpha value is -1.25. The molecule has 0 aliphatic carbocycles. The molecule has 0 aromatic heterocycles. The molecule has 0 fully saturated rings. The van der Waals surface area contributed by atoms with Crippen LogP contribution in [0.3, 0.4) is 0 Å². The zero-order valence-electron chi connectivity index (χ0n) is 10.7. The second-order valence-corrected chi connectivity index (χ2v) is 4.30. The van der Waals surface area contributed by atoms with E-state index in [0.29, 0.717) is 11.1 Å². The Morgan fingerprint density at radius 2 is 2.00 bits per heavy atom. The Morgan fingerprint density at radius 1 is 1.35 bits per heavy atom. The van der Waals surface area contributed by atoms with Crippen LogP contribution in [0.15, 0.2) is 18.2 Å². The lowest BCUT2D eigenvalue weighted by Gasteiger charge is -2.20. The Morgan fingerprint density at radius 3 is 2.50 bits per heavy atom. The van der Waals surface area contributed by atoms with Crippen LogP contribution in [-0.4, -0.2) is 25.6 Å². The number of halogens is 5. The summed E-state index contributed by atoms with van der Waals surface area (Å²) in [7, 11) is 0. The van der Waals surface area contributed by atoms with Gasteiger partial charge in [-0.3, -0.25) is 11.3 Å². The molecule has 0 aliphatic heterocycles. The number of rotatable bonds is 7. The summed E-state index contributed by atoms with van der Waals surface area (Å²) in [6.07, 6.45) is -3.79. The summed E-state index contributed by atoms with van der Waals surface area (Å²) in [5, 5.41) is 0. The molecule has 0 radical (unpaired) electrons. The summed E-state index contributed by atoms with van der Waals surface area (Å²) in [6.45, 7) is -0.231. The van der Waals surface area contributed by atoms with E-state index in [2.05, 4.69) is 10.2 Å². The van der Waals surface area contributed by atoms with Crippen molar-refractivity contribution in [2.75, 3.05) is 13.2 Å². The van der Waals surface area contributed by atoms with Crippen molar-refractivity contribution in [2.45, 2.75) is 25.3 Å². The minimum Gasteiger partial charge on any atom is -0.373 e. The van der Waals surface area contributed by atoms with Gasteiger partial charge in [-0.25, -0.2) is 13.2 Å². The van der Waals surface area contributed by atoms with Crippen molar-refractivity contribution < 1.29 is 26.7 Å². The van der Waals surface area contributed by atoms with Gasteiger partial charge >= 0.3 is 12.3 Å². The van der Waals surface area contributed by atoms with E-state index in [9.17, 15) is 22.0 Å². The van der Waals surface area contributed by atoms with Crippen molar-refractivity contribution in [3.05, 3.63) is 35.1 Å². The fraction of sp³-hybridized carbons (Fsp3) is 0.500. The number of hydrazine groups is 1. The van der Waals surface area contributed by atoms with E-state index >= 15 is 0 Å². The van der Waals surface area contributed by atoms with Gasteiger partial charge in [0.05, 0.1) is 12.6 Å². The van der Waals surface area contributed by atoms with Crippen LogP contribution in [0, 0.1) is 12.7 Å². The molecule has 0 bridgehead atoms. The van der Waals surface area contributed by atoms with E-state index in [1.807, 2.05) is 0 Å². The van der Waals surface area contributed by atoms with Crippen LogP contribution < -0.4 is 11.3 Å². The van der Waals surface area contributed by atoms with Crippen molar-refractivity contribution in [1.82, 2.24) is 5.43 Å². The van der Waals surface area contributed by atoms with Gasteiger partial charge in [0.2, 0.25) is 0 Å². The number of aryl methyl sites for hydroxylation is 1. The van der Waals surface area contributed by atoms with Crippen LogP contribution in [0.25, 0.3) is 0 Å². The molecule has 0 saturated heterocycles. The van der Waals surface area contributed by atoms with E-state index in [-0.39, 0.29) is 6.61 Å². The molecule has 0 spiro atoms. The molecular weight excluding hydrogens is 283 g/mol. The monoisotopic (exact) mass is 298 g/mol. The van der Waals surface area contributed by atoms with E-state index in [4.69, 9.17) is 5.84 Å². The first kappa shape index (κ1) is 16.8. The van der Waals surface area contributed by atoms with Gasteiger partial charge in [-0.2, -0.15) is 8.78 Å². The van der Waals surface area contributed by atoms with Gasteiger partial charge in [0.15, 0.2) is 0 Å². The second kappa shape index (κ2) is 6.96. The lowest BCUT2D eigenvalue weighted by atomic mass is 10.1. The predicted octanol–water partition coefficient (Wildman–Crippen LogP) is 2.56. The molecule has 0 amide bonds. The number of alkyl halides is 4. The molecule has 1 atom stereocenters. The van der Waals surface area contributed by atoms with Crippen molar-refractivity contribution in [3.8, 4) is 0 Å². The highest BCUT2D eigenvalue weighted by molar-refractivity contribution is 5.26. The van der Waals surface area contributed by atoms with E-state index < -0.39 is 30.8 Å². The molecule has 114 valence electrons. The minimum atomic E-state index is -4.21. The Labute approximate surface area is 112 Å². The molecular formula is C12H15F5N2O. The number of hydrogen-bond donors (Lipinski definition) is 2. The molecule has 0 heterocycles. The molecule has 0 saturated carbocycles. The Balaban J connectivity index is 2.62. The largest absolute Gasteiger partial charge is 0.373 e. The van der Waals surface area contributed by atoms with Gasteiger partial charge in [0, 0.05) is 0 Å². The Bertz CT molecular complexity index is 442. The third-order valence-corrected chi connectivity index (χ3v) is 2.68. The standard InChI is InChI=1S/C12H15F5N2O/c1-7-4-8(2-3-9(7)13)10(19-18)5-20-6-12(16,17)11(14)15/h2-4,10-11,19H,5-6,18H2,1H3. The fourth-order valence-corrected chi connectivity index (χ4v) is 1.50. The van der Waals surface area contributed by atoms with Gasteiger partial charge in [-0.15, -0.1) is 0 Å². The number of ether oxygens (including phenoxy) is 1. The maximum absolute atomic E-state index is 13.1. The van der Waals surface area contributed by atoms with E-state index in [1.165, 1.54) is 25.1 Å². The first-order valence-electron chi connectivity index (χ1n) is 5.74. The highest BCUT2D eigenvalue weighted by Crippen LogP contribution is 2.24. The summed E-state index contributed by atoms with van der Waals surface area (Å²) >= 11 is 0. The molecule has 0 aliphatic rings. The molecule has 3 nitrogen and oxygen atoms in total. The summed E-state index contributed by atoms with van der Waals surface area (Å²) in [5.41, 5.74) is 3.15. The summed E-state index contributed by atoms with van der Waals surface area (Å²) in [4.78, 5) is 0. The average Bonchev–Trinajstić information content (AvgIpc) is 2.38. The summed E-state index contributed by atoms with van der Waals surface area (Å²) in [5.74, 6) is 0.611. The minimum absolute atomic E-state index is 0.343. The van der Waals surface area contributed by atoms with Gasteiger partial charge in [0.1, 0.15) is 12.4 Å². The van der Waals surface area contributed by atoms with Crippen LogP contribution in [0.5, 0.6) is 0 Å². The molecule has 3 N–H and O–H groups in total. The average molecular weight is 298 g/mol. The SMILES string of the molecule is Cc1cc(C(COCC(F)(F)C(F)F)NN)ccc1F. The maximum Gasteiger partial charge on any atom is 0.330 e. The Kier molecular flexibility index (Phi) is 5.85. The topological polar surface area (TPSA) is 47.3 Å². The number of nitrogens with two attached hydrogens (primary N) is 1. The van der Waals surface area contributed by atoms with Gasteiger partial charge in [-0.1, -0.05) is 12.1 Å². The highest BCUT2D eigenvalue weighted by Gasteiger charge is 2.41. The summed E-state index contributed by atoms with van der Waals surface area (Å²) in [6, 6.07) is 3.36. The third-order valence-electron chi connectivity index (χ3n) is 2.68. The molecule has 1 aromatic rings. The van der Waals surface area contributed by atoms with Gasteiger partial charge < -0.3 is 4.74 Å². The van der Waals surface area contributed by atoms with Crippen LogP contribution in [0.2, 0.25) is 0 Å². The van der Waals surface area contributed by atoms with Crippen LogP contribution in [0.4, 0.5) is 22.0 Å². The van der Waals surface area contributed by atoms with Crippen molar-refractivity contribution in [2.24, 2.45) is 5.84 Å². The molecule has 8 heteroatoms. The lowest BCUT2D eigenvalue weighted by molar-refractivity contribution is -0.167. The highest BCUT2D eigenvalue weighted by atomic mass is 19.3. The third kappa shape index (κ3) is 4.39. The quantitative estimate of drug-likeness (QED) is 0.462. The van der Waals surface area contributed by atoms with E-state index in [1.54, 1.807) is 0 Å². The first-order chi connectivity index (χ1) is 9.27. The predicted molar refractivity (Wildman–Crippen MR) is 63.0 cm³/mol. The smallest absolute Gasteiger partial charge is 0.330 e. The van der Waals surface area contributed by atoms with Gasteiger partial charge in [0.25, 0.3) is 0 Å². The lowest BCUT2D eigenvalue weighted by Crippen LogP contribution is -2.36. The molecule has 1 rings (SSSR count). The number of benzene rings is 1. The number of hydrogen-bond acceptors (Lipinski definition) is 3. The van der Waals surface area contributed by atoms with Crippen molar-refractivity contribution in [3.63, 3.8) is 0 Å². The zero-order valence-corrected chi connectivity index (χ0v) is 10.7. The molecule has 1 unspecified atom stereocenters. The van der Waals surface area contributed by atoms with Crippen LogP contribution in [-0.2, 0) is 4.74 Å². The van der Waals surface area contributed by atoms with Crippen molar-refractivity contribution in [1.29, 1.82) is 0 Å².